The zero-order valence-electron chi connectivity index (χ0n) is 53.6. The topological polar surface area (TPSA) is 423 Å². The van der Waals surface area contributed by atoms with Crippen LogP contribution in [0.1, 0.15) is 134 Å². The molecule has 31 heteroatoms. The van der Waals surface area contributed by atoms with E-state index in [0.717, 1.165) is 77.3 Å². The molecule has 0 aliphatic carbocycles. The zero-order valence-corrected chi connectivity index (χ0v) is 55.3. The molecule has 0 spiro atoms. The van der Waals surface area contributed by atoms with Gasteiger partial charge in [0.2, 0.25) is 5.91 Å². The summed E-state index contributed by atoms with van der Waals surface area (Å²) in [6, 6.07) is 36.1. The van der Waals surface area contributed by atoms with Gasteiger partial charge in [-0.2, -0.15) is 20.4 Å². The van der Waals surface area contributed by atoms with Crippen molar-refractivity contribution in [2.75, 3.05) is 6.54 Å². The Morgan fingerprint density at radius 2 is 0.804 bits per heavy atom. The maximum Gasteiger partial charge on any atom is 0.345 e. The number of aromatic carboxylic acids is 4. The van der Waals surface area contributed by atoms with Crippen LogP contribution in [0.3, 0.4) is 0 Å². The molecular weight excluding hydrogens is 1350 g/mol. The van der Waals surface area contributed by atoms with Gasteiger partial charge in [-0.15, -0.1) is 22.7 Å². The van der Waals surface area contributed by atoms with Gasteiger partial charge in [-0.25, -0.2) is 19.2 Å². The van der Waals surface area contributed by atoms with Crippen LogP contribution in [0.25, 0.3) is 43.8 Å². The second kappa shape index (κ2) is 29.6. The van der Waals surface area contributed by atoms with Crippen LogP contribution in [0.5, 0.6) is 0 Å². The Morgan fingerprint density at radius 3 is 1.21 bits per heavy atom. The molecule has 0 radical (unpaired) electrons. The van der Waals surface area contributed by atoms with Crippen molar-refractivity contribution in [2.24, 2.45) is 5.73 Å². The van der Waals surface area contributed by atoms with Gasteiger partial charge in [-0.1, -0.05) is 42.5 Å². The van der Waals surface area contributed by atoms with E-state index < -0.39 is 23.9 Å². The molecule has 4 aliphatic heterocycles. The Hall–Kier alpha value is -13.0. The summed E-state index contributed by atoms with van der Waals surface area (Å²) >= 11 is 2.36. The Bertz CT molecular complexity index is 4960. The van der Waals surface area contributed by atoms with Gasteiger partial charge in [0.05, 0.1) is 113 Å². The van der Waals surface area contributed by atoms with E-state index in [1.54, 1.807) is 143 Å². The number of benzene rings is 2. The molecule has 10 aromatic heterocycles. The maximum atomic E-state index is 13.2. The summed E-state index contributed by atoms with van der Waals surface area (Å²) in [6.07, 6.45) is 11.4. The summed E-state index contributed by atoms with van der Waals surface area (Å²) in [7, 11) is 0. The van der Waals surface area contributed by atoms with E-state index in [9.17, 15) is 38.4 Å². The third-order valence-electron chi connectivity index (χ3n) is 17.3. The molecule has 4 amide bonds. The number of fused-ring (bicyclic) bond motifs is 4. The van der Waals surface area contributed by atoms with Gasteiger partial charge in [-0.3, -0.25) is 59.5 Å². The highest BCUT2D eigenvalue weighted by atomic mass is 32.1. The van der Waals surface area contributed by atoms with Gasteiger partial charge < -0.3 is 45.8 Å². The molecule has 0 bridgehead atoms. The second-order valence-corrected chi connectivity index (χ2v) is 25.8. The van der Waals surface area contributed by atoms with E-state index in [1.807, 2.05) is 35.2 Å². The number of rotatable bonds is 15. The first kappa shape index (κ1) is 67.6. The smallest absolute Gasteiger partial charge is 0.345 e. The predicted octanol–water partition coefficient (Wildman–Crippen LogP) is 9.25. The summed E-state index contributed by atoms with van der Waals surface area (Å²) in [4.78, 5) is 120. The number of amides is 4. The molecule has 16 rings (SSSR count). The molecule has 512 valence electrons. The van der Waals surface area contributed by atoms with E-state index in [0.29, 0.717) is 99.1 Å². The van der Waals surface area contributed by atoms with Crippen molar-refractivity contribution in [2.45, 2.75) is 64.7 Å². The van der Waals surface area contributed by atoms with Crippen LogP contribution in [0.4, 0.5) is 0 Å². The third kappa shape index (κ3) is 14.3. The average Bonchev–Trinajstić information content (AvgIpc) is 1.65. The first-order chi connectivity index (χ1) is 49.5. The lowest BCUT2D eigenvalue weighted by atomic mass is 9.94. The highest BCUT2D eigenvalue weighted by Gasteiger charge is 2.36. The van der Waals surface area contributed by atoms with Crippen LogP contribution in [0, 0.1) is 0 Å². The number of carboxylic acid groups (broad SMARTS) is 4. The fourth-order valence-corrected chi connectivity index (χ4v) is 13.9. The Morgan fingerprint density at radius 1 is 0.412 bits per heavy atom. The van der Waals surface area contributed by atoms with E-state index in [1.165, 1.54) is 34.9 Å². The SMILES string of the molecule is NCCC(C(=O)N1Cc2[nH]nc(-c3ccc(C(=O)O)s3)c2C1)c1ccccc1.O=C(O)c1ccc(-c2n[nH]c3c2CN(C(=O)c2ccncc2)C3)cc1.O=C(O)c1ccc(-c2n[nH]c3c2CN(C(=O)c2ccncc2)C3)nc1.O=C(O)c1ccc(-c2n[nH]c3c2CN(C(=O)c2ccncc2)C3)s1. The summed E-state index contributed by atoms with van der Waals surface area (Å²) < 4.78 is 0. The Labute approximate surface area is 586 Å². The predicted molar refractivity (Wildman–Crippen MR) is 368 cm³/mol. The van der Waals surface area contributed by atoms with Crippen molar-refractivity contribution < 1.29 is 58.8 Å². The molecule has 102 heavy (non-hydrogen) atoms. The minimum atomic E-state index is -1.03. The lowest BCUT2D eigenvalue weighted by molar-refractivity contribution is -0.133. The van der Waals surface area contributed by atoms with Crippen molar-refractivity contribution >= 4 is 70.2 Å². The largest absolute Gasteiger partial charge is 0.478 e. The number of nitrogens with two attached hydrogens (primary N) is 1. The lowest BCUT2D eigenvalue weighted by Crippen LogP contribution is -2.32. The fourth-order valence-electron chi connectivity index (χ4n) is 12.1. The molecule has 2 aromatic carbocycles. The summed E-state index contributed by atoms with van der Waals surface area (Å²) in [5.41, 5.74) is 20.4. The lowest BCUT2D eigenvalue weighted by Gasteiger charge is -2.23. The van der Waals surface area contributed by atoms with Crippen LogP contribution in [0.2, 0.25) is 0 Å². The standard InChI is InChI=1S/C20H20N4O3S.C18H14N4O3.C17H13N5O3.C16H12N4O3S/c21-9-8-13(12-4-2-1-3-5-12)19(25)24-10-14-15(11-24)22-23-18(14)16-6-7-17(28-16)20(26)27;23-17(12-5-7-19-8-6-12)22-9-14-15(10-22)20-21-16(14)11-1-3-13(4-2-11)18(24)25;23-16(10-3-5-18-6-4-10)22-8-12-14(9-22)20-21-15(12)13-2-1-11(7-19-13)17(24)25;21-15(9-3-5-17-6-4-9)20-7-10-11(8-20)18-19-14(10)12-1-2-13(24-12)16(22)23/h1-7,13H,8-11,21H2,(H,22,23)(H,26,27);1-8H,9-10H2,(H,20,21)(H,24,25);1-7H,8-9H2,(H,20,21)(H,24,25);1-6H,7-8H2,(H,18,19)(H,22,23). The molecule has 0 fully saturated rings. The highest BCUT2D eigenvalue weighted by molar-refractivity contribution is 7.17. The van der Waals surface area contributed by atoms with E-state index in [2.05, 4.69) is 60.7 Å². The number of pyridine rings is 4. The first-order valence-corrected chi connectivity index (χ1v) is 33.2. The Kier molecular flexibility index (Phi) is 19.6. The minimum absolute atomic E-state index is 0.0459. The van der Waals surface area contributed by atoms with Crippen molar-refractivity contribution in [3.05, 3.63) is 259 Å². The molecular formula is C71H59N17O12S2. The number of thiophene rings is 2. The van der Waals surface area contributed by atoms with Crippen LogP contribution in [0.15, 0.2) is 171 Å². The molecule has 29 nitrogen and oxygen atoms in total. The molecule has 12 aromatic rings. The summed E-state index contributed by atoms with van der Waals surface area (Å²) in [5, 5.41) is 65.3. The quantitative estimate of drug-likeness (QED) is 0.0461. The van der Waals surface area contributed by atoms with Gasteiger partial charge in [0.1, 0.15) is 26.8 Å². The second-order valence-electron chi connectivity index (χ2n) is 23.6. The van der Waals surface area contributed by atoms with Crippen LogP contribution >= 0.6 is 22.7 Å². The van der Waals surface area contributed by atoms with Crippen molar-refractivity contribution in [1.29, 1.82) is 0 Å². The highest BCUT2D eigenvalue weighted by Crippen LogP contribution is 2.39. The molecule has 0 saturated carbocycles. The number of aromatic nitrogens is 12. The minimum Gasteiger partial charge on any atom is -0.478 e. The Balaban J connectivity index is 0.000000122. The molecule has 1 unspecified atom stereocenters. The first-order valence-electron chi connectivity index (χ1n) is 31.5. The van der Waals surface area contributed by atoms with Gasteiger partial charge in [0.25, 0.3) is 17.7 Å². The summed E-state index contributed by atoms with van der Waals surface area (Å²) in [5.74, 6) is -4.32. The van der Waals surface area contributed by atoms with Gasteiger partial charge in [-0.05, 0) is 103 Å². The number of H-pyrrole nitrogens is 4. The number of hydrogen-bond donors (Lipinski definition) is 9. The number of nitrogens with one attached hydrogen (secondary N) is 4. The van der Waals surface area contributed by atoms with Gasteiger partial charge in [0.15, 0.2) is 0 Å². The van der Waals surface area contributed by atoms with Crippen LogP contribution < -0.4 is 5.73 Å². The molecule has 4 aliphatic rings. The number of carboxylic acids is 4. The molecule has 14 heterocycles. The fraction of sp³-hybridized carbons (Fsp3) is 0.155. The number of nitrogens with zero attached hydrogens (tertiary/aromatic N) is 12. The van der Waals surface area contributed by atoms with Crippen molar-refractivity contribution in [1.82, 2.24) is 80.3 Å². The number of carbonyl (C=O) groups excluding carboxylic acids is 4. The number of aromatic amines is 4. The molecule has 1 atom stereocenters. The van der Waals surface area contributed by atoms with Gasteiger partial charge in [0, 0.05) is 87.9 Å². The van der Waals surface area contributed by atoms with E-state index in [-0.39, 0.29) is 50.4 Å². The maximum absolute atomic E-state index is 13.2. The van der Waals surface area contributed by atoms with E-state index >= 15 is 0 Å². The van der Waals surface area contributed by atoms with Crippen LogP contribution in [-0.2, 0) is 57.2 Å². The third-order valence-corrected chi connectivity index (χ3v) is 19.4. The molecule has 10 N–H and O–H groups in total. The van der Waals surface area contributed by atoms with Crippen molar-refractivity contribution in [3.63, 3.8) is 0 Å². The zero-order chi connectivity index (χ0) is 71.1. The molecule has 0 saturated heterocycles. The number of carbonyl (C=O) groups is 8. The van der Waals surface area contributed by atoms with Crippen molar-refractivity contribution in [3.8, 4) is 43.8 Å². The van der Waals surface area contributed by atoms with Gasteiger partial charge >= 0.3 is 23.9 Å². The average molecular weight is 1410 g/mol. The number of hydrogen-bond acceptors (Lipinski definition) is 19. The van der Waals surface area contributed by atoms with Crippen LogP contribution in [-0.4, -0.2) is 155 Å². The van der Waals surface area contributed by atoms with E-state index in [4.69, 9.17) is 26.2 Å². The normalized spacial score (nSPS) is 13.3. The summed E-state index contributed by atoms with van der Waals surface area (Å²) in [6.45, 7) is 4.05. The monoisotopic (exact) mass is 1410 g/mol.